The molecule has 1 N–H and O–H groups in total. The molecule has 1 heterocycles. The Bertz CT molecular complexity index is 702. The predicted molar refractivity (Wildman–Crippen MR) is 90.3 cm³/mol. The van der Waals surface area contributed by atoms with Gasteiger partial charge in [0.05, 0.1) is 0 Å². The molecule has 1 aliphatic heterocycles. The van der Waals surface area contributed by atoms with Gasteiger partial charge in [0.1, 0.15) is 19.0 Å². The number of fused-ring (bicyclic) bond motifs is 1. The molecule has 3 rings (SSSR count). The second-order valence-corrected chi connectivity index (χ2v) is 5.98. The van der Waals surface area contributed by atoms with Crippen LogP contribution >= 0.6 is 15.9 Å². The van der Waals surface area contributed by atoms with Crippen LogP contribution in [0.2, 0.25) is 0 Å². The Hall–Kier alpha value is -2.21. The van der Waals surface area contributed by atoms with E-state index in [2.05, 4.69) is 21.2 Å². The number of hydrogen-bond acceptors (Lipinski definition) is 4. The highest BCUT2D eigenvalue weighted by Crippen LogP contribution is 2.32. The molecular formula is C17H16BrNO4. The maximum absolute atomic E-state index is 12.2. The Morgan fingerprint density at radius 1 is 1.13 bits per heavy atom. The first-order chi connectivity index (χ1) is 11.1. The van der Waals surface area contributed by atoms with Gasteiger partial charge < -0.3 is 19.5 Å². The summed E-state index contributed by atoms with van der Waals surface area (Å²) in [4.78, 5) is 12.2. The second-order valence-electron chi connectivity index (χ2n) is 5.06. The van der Waals surface area contributed by atoms with Crippen molar-refractivity contribution in [2.24, 2.45) is 0 Å². The fourth-order valence-electron chi connectivity index (χ4n) is 2.14. The van der Waals surface area contributed by atoms with Crippen LogP contribution in [0.25, 0.3) is 0 Å². The third-order valence-corrected chi connectivity index (χ3v) is 3.83. The van der Waals surface area contributed by atoms with Crippen molar-refractivity contribution in [2.45, 2.75) is 13.0 Å². The molecule has 1 aliphatic rings. The van der Waals surface area contributed by atoms with E-state index in [1.165, 1.54) is 0 Å². The third-order valence-electron chi connectivity index (χ3n) is 3.31. The summed E-state index contributed by atoms with van der Waals surface area (Å²) in [5.74, 6) is 1.73. The molecule has 0 unspecified atom stereocenters. The van der Waals surface area contributed by atoms with Gasteiger partial charge in [0.15, 0.2) is 17.6 Å². The lowest BCUT2D eigenvalue weighted by molar-refractivity contribution is -0.122. The minimum absolute atomic E-state index is 0.232. The highest BCUT2D eigenvalue weighted by molar-refractivity contribution is 9.10. The van der Waals surface area contributed by atoms with Gasteiger partial charge in [0.25, 0.3) is 5.91 Å². The van der Waals surface area contributed by atoms with E-state index in [0.717, 1.165) is 4.47 Å². The van der Waals surface area contributed by atoms with Crippen LogP contribution in [-0.4, -0.2) is 25.2 Å². The molecule has 2 aromatic rings. The largest absolute Gasteiger partial charge is 0.486 e. The monoisotopic (exact) mass is 377 g/mol. The molecular weight excluding hydrogens is 362 g/mol. The topological polar surface area (TPSA) is 56.8 Å². The summed E-state index contributed by atoms with van der Waals surface area (Å²) in [5.41, 5.74) is 0.644. The lowest BCUT2D eigenvalue weighted by atomic mass is 10.2. The molecule has 1 amide bonds. The van der Waals surface area contributed by atoms with Crippen LogP contribution in [-0.2, 0) is 4.79 Å². The summed E-state index contributed by atoms with van der Waals surface area (Å²) in [7, 11) is 0. The fourth-order valence-corrected chi connectivity index (χ4v) is 2.40. The van der Waals surface area contributed by atoms with E-state index in [1.807, 2.05) is 12.1 Å². The maximum Gasteiger partial charge on any atom is 0.265 e. The average Bonchev–Trinajstić information content (AvgIpc) is 2.56. The Morgan fingerprint density at radius 2 is 1.83 bits per heavy atom. The zero-order chi connectivity index (χ0) is 16.2. The maximum atomic E-state index is 12.2. The van der Waals surface area contributed by atoms with E-state index < -0.39 is 6.10 Å². The van der Waals surface area contributed by atoms with Crippen molar-refractivity contribution >= 4 is 27.5 Å². The third kappa shape index (κ3) is 3.96. The zero-order valence-electron chi connectivity index (χ0n) is 12.5. The van der Waals surface area contributed by atoms with E-state index in [-0.39, 0.29) is 5.91 Å². The summed E-state index contributed by atoms with van der Waals surface area (Å²) in [6, 6.07) is 12.6. The summed E-state index contributed by atoms with van der Waals surface area (Å²) in [6.45, 7) is 2.75. The molecule has 0 saturated carbocycles. The summed E-state index contributed by atoms with van der Waals surface area (Å²) in [6.07, 6.45) is -0.621. The number of halogens is 1. The van der Waals surface area contributed by atoms with Gasteiger partial charge in [-0.2, -0.15) is 0 Å². The van der Waals surface area contributed by atoms with Crippen LogP contribution in [0.5, 0.6) is 17.2 Å². The molecule has 5 nitrogen and oxygen atoms in total. The van der Waals surface area contributed by atoms with Crippen LogP contribution in [0, 0.1) is 0 Å². The Balaban J connectivity index is 1.63. The first-order valence-corrected chi connectivity index (χ1v) is 8.04. The van der Waals surface area contributed by atoms with E-state index in [0.29, 0.717) is 36.1 Å². The lowest BCUT2D eigenvalue weighted by Crippen LogP contribution is -2.30. The molecule has 0 spiro atoms. The van der Waals surface area contributed by atoms with E-state index in [9.17, 15) is 4.79 Å². The molecule has 2 aromatic carbocycles. The minimum Gasteiger partial charge on any atom is -0.486 e. The Kier molecular flexibility index (Phi) is 4.71. The number of hydrogen-bond donors (Lipinski definition) is 1. The highest BCUT2D eigenvalue weighted by Gasteiger charge is 2.17. The van der Waals surface area contributed by atoms with Crippen molar-refractivity contribution in [2.75, 3.05) is 18.5 Å². The molecule has 1 atom stereocenters. The lowest BCUT2D eigenvalue weighted by Gasteiger charge is -2.19. The van der Waals surface area contributed by atoms with Gasteiger partial charge in [-0.05, 0) is 43.3 Å². The first kappa shape index (κ1) is 15.7. The first-order valence-electron chi connectivity index (χ1n) is 7.24. The number of nitrogens with one attached hydrogen (secondary N) is 1. The van der Waals surface area contributed by atoms with Gasteiger partial charge in [-0.1, -0.05) is 15.9 Å². The predicted octanol–water partition coefficient (Wildman–Crippen LogP) is 3.63. The van der Waals surface area contributed by atoms with Crippen LogP contribution in [0.3, 0.4) is 0 Å². The quantitative estimate of drug-likeness (QED) is 0.883. The van der Waals surface area contributed by atoms with Crippen molar-refractivity contribution in [1.82, 2.24) is 0 Å². The van der Waals surface area contributed by atoms with Gasteiger partial charge in [0.2, 0.25) is 0 Å². The number of anilines is 1. The molecule has 0 aliphatic carbocycles. The van der Waals surface area contributed by atoms with Gasteiger partial charge >= 0.3 is 0 Å². The van der Waals surface area contributed by atoms with Crippen molar-refractivity contribution in [1.29, 1.82) is 0 Å². The number of rotatable bonds is 4. The van der Waals surface area contributed by atoms with Gasteiger partial charge in [-0.3, -0.25) is 4.79 Å². The fraction of sp³-hybridized carbons (Fsp3) is 0.235. The Labute approximate surface area is 142 Å². The molecule has 0 saturated heterocycles. The van der Waals surface area contributed by atoms with E-state index in [1.54, 1.807) is 37.3 Å². The van der Waals surface area contributed by atoms with Crippen LogP contribution < -0.4 is 19.5 Å². The van der Waals surface area contributed by atoms with E-state index in [4.69, 9.17) is 14.2 Å². The molecule has 0 bridgehead atoms. The van der Waals surface area contributed by atoms with Crippen LogP contribution in [0.15, 0.2) is 46.9 Å². The number of carbonyl (C=O) groups is 1. The van der Waals surface area contributed by atoms with E-state index >= 15 is 0 Å². The number of ether oxygens (including phenoxy) is 3. The molecule has 0 fully saturated rings. The SMILES string of the molecule is C[C@H](Oc1ccc(Br)cc1)C(=O)Nc1ccc2c(c1)OCCO2. The molecule has 120 valence electrons. The summed E-state index contributed by atoms with van der Waals surface area (Å²) >= 11 is 3.36. The summed E-state index contributed by atoms with van der Waals surface area (Å²) < 4.78 is 17.5. The normalized spacial score (nSPS) is 14.0. The van der Waals surface area contributed by atoms with Crippen LogP contribution in [0.4, 0.5) is 5.69 Å². The smallest absolute Gasteiger partial charge is 0.265 e. The van der Waals surface area contributed by atoms with Crippen LogP contribution in [0.1, 0.15) is 6.92 Å². The highest BCUT2D eigenvalue weighted by atomic mass is 79.9. The zero-order valence-corrected chi connectivity index (χ0v) is 14.1. The standard InChI is InChI=1S/C17H16BrNO4/c1-11(23-14-5-2-12(18)3-6-14)17(20)19-13-4-7-15-16(10-13)22-9-8-21-15/h2-7,10-11H,8-9H2,1H3,(H,19,20)/t11-/m0/s1. The van der Waals surface area contributed by atoms with Crippen molar-refractivity contribution < 1.29 is 19.0 Å². The minimum atomic E-state index is -0.621. The summed E-state index contributed by atoms with van der Waals surface area (Å²) in [5, 5.41) is 2.81. The number of carbonyl (C=O) groups excluding carboxylic acids is 1. The molecule has 0 radical (unpaired) electrons. The number of benzene rings is 2. The van der Waals surface area contributed by atoms with Crippen molar-refractivity contribution in [3.05, 3.63) is 46.9 Å². The van der Waals surface area contributed by atoms with Gasteiger partial charge in [-0.15, -0.1) is 0 Å². The van der Waals surface area contributed by atoms with Crippen molar-refractivity contribution in [3.63, 3.8) is 0 Å². The molecule has 23 heavy (non-hydrogen) atoms. The van der Waals surface area contributed by atoms with Gasteiger partial charge in [-0.25, -0.2) is 0 Å². The molecule has 6 heteroatoms. The average molecular weight is 378 g/mol. The second kappa shape index (κ2) is 6.91. The Morgan fingerprint density at radius 3 is 2.57 bits per heavy atom. The van der Waals surface area contributed by atoms with Crippen molar-refractivity contribution in [3.8, 4) is 17.2 Å². The molecule has 0 aromatic heterocycles. The van der Waals surface area contributed by atoms with Gasteiger partial charge in [0, 0.05) is 16.2 Å². The number of amides is 1.